The summed E-state index contributed by atoms with van der Waals surface area (Å²) in [6, 6.07) is 0. The van der Waals surface area contributed by atoms with E-state index < -0.39 is 120 Å². The summed E-state index contributed by atoms with van der Waals surface area (Å²) in [5.41, 5.74) is 0. The number of carbonyl (C=O) groups is 3. The van der Waals surface area contributed by atoms with Crippen molar-refractivity contribution in [2.24, 2.45) is 5.92 Å². The molecule has 0 saturated carbocycles. The standard InChI is InChI=1S/C40H77N3O30P2/c1-59-8-9-63-13-10-60-5-2-41-30(44)24-27(37(51)42-3-6-61-11-14-64-16-18-66-20-22-68-39-35(49)33(47)31(45)28(72-39)25-70-74(53,54)55)38(52)43-4-7-62-12-15-65-17-19-67-21-23-69-40-36(50)34(48)32(46)29(73-40)26-71-75(56,57)58/h27-29,31-36,39-40,45-50H,2-26H2,1H3,(H,41,44)(H,42,51)(H,43,52)(H2,53,54,55)(H2,56,57,58). The van der Waals surface area contributed by atoms with E-state index in [1.807, 2.05) is 0 Å². The lowest BCUT2D eigenvalue weighted by molar-refractivity contribution is -0.301. The van der Waals surface area contributed by atoms with Gasteiger partial charge in [0.25, 0.3) is 0 Å². The van der Waals surface area contributed by atoms with Crippen LogP contribution in [0.25, 0.3) is 0 Å². The minimum atomic E-state index is -4.89. The minimum Gasteiger partial charge on any atom is -0.387 e. The molecule has 33 nitrogen and oxygen atoms in total. The second kappa shape index (κ2) is 40.1. The van der Waals surface area contributed by atoms with Crippen molar-refractivity contribution in [3.8, 4) is 0 Å². The number of rotatable bonds is 45. The van der Waals surface area contributed by atoms with Gasteiger partial charge in [0.2, 0.25) is 17.7 Å². The Morgan fingerprint density at radius 3 is 1.08 bits per heavy atom. The van der Waals surface area contributed by atoms with E-state index in [0.29, 0.717) is 19.8 Å². The molecule has 0 aliphatic carbocycles. The first-order chi connectivity index (χ1) is 35.8. The van der Waals surface area contributed by atoms with Crippen LogP contribution in [0.5, 0.6) is 0 Å². The summed E-state index contributed by atoms with van der Waals surface area (Å²) >= 11 is 0. The highest BCUT2D eigenvalue weighted by Crippen LogP contribution is 2.38. The van der Waals surface area contributed by atoms with Gasteiger partial charge >= 0.3 is 15.6 Å². The van der Waals surface area contributed by atoms with Crippen molar-refractivity contribution in [3.63, 3.8) is 0 Å². The van der Waals surface area contributed by atoms with Gasteiger partial charge in [-0.15, -0.1) is 0 Å². The van der Waals surface area contributed by atoms with E-state index in [0.717, 1.165) is 0 Å². The molecule has 10 unspecified atom stereocenters. The van der Waals surface area contributed by atoms with Crippen molar-refractivity contribution >= 4 is 33.4 Å². The van der Waals surface area contributed by atoms with Gasteiger partial charge < -0.3 is 128 Å². The average molecular weight is 1140 g/mol. The number of ether oxygens (including phenoxy) is 13. The molecule has 2 aliphatic rings. The van der Waals surface area contributed by atoms with E-state index in [4.69, 9.17) is 81.2 Å². The molecule has 35 heteroatoms. The highest BCUT2D eigenvalue weighted by Gasteiger charge is 2.46. The van der Waals surface area contributed by atoms with Gasteiger partial charge in [0.1, 0.15) is 54.7 Å². The first-order valence-corrected chi connectivity index (χ1v) is 26.8. The first-order valence-electron chi connectivity index (χ1n) is 23.7. The smallest absolute Gasteiger partial charge is 0.387 e. The summed E-state index contributed by atoms with van der Waals surface area (Å²) in [5.74, 6) is -3.41. The van der Waals surface area contributed by atoms with Crippen LogP contribution in [0.3, 0.4) is 0 Å². The van der Waals surface area contributed by atoms with Crippen LogP contribution in [0.15, 0.2) is 0 Å². The van der Waals surface area contributed by atoms with Crippen molar-refractivity contribution in [2.45, 2.75) is 67.8 Å². The van der Waals surface area contributed by atoms with Crippen LogP contribution in [0.4, 0.5) is 0 Å². The van der Waals surface area contributed by atoms with Crippen molar-refractivity contribution < 1.29 is 144 Å². The molecule has 0 spiro atoms. The van der Waals surface area contributed by atoms with Crippen LogP contribution in [0, 0.1) is 5.92 Å². The number of amides is 3. The Balaban J connectivity index is 1.62. The van der Waals surface area contributed by atoms with E-state index in [2.05, 4.69) is 25.0 Å². The third kappa shape index (κ3) is 31.9. The molecule has 0 aromatic carbocycles. The van der Waals surface area contributed by atoms with Gasteiger partial charge in [0.05, 0.1) is 139 Å². The zero-order chi connectivity index (χ0) is 55.5. The SMILES string of the molecule is COCCOCCOCCNC(=O)CC(C(=O)NCCOCCOCCOCCOC1OC(COP(=O)(O)O)C(O)C(O)C1O)C(=O)NCCOCCOCCOCCOC1OC(COP(=O)(O)O)C(O)C(O)C1O. The fourth-order valence-electron chi connectivity index (χ4n) is 6.28. The number of nitrogens with one attached hydrogen (secondary N) is 3. The van der Waals surface area contributed by atoms with E-state index in [9.17, 15) is 54.2 Å². The van der Waals surface area contributed by atoms with E-state index in [-0.39, 0.29) is 125 Å². The highest BCUT2D eigenvalue weighted by atomic mass is 31.2. The molecule has 2 rings (SSSR count). The summed E-state index contributed by atoms with van der Waals surface area (Å²) < 4.78 is 100.0. The quantitative estimate of drug-likeness (QED) is 0.0153. The van der Waals surface area contributed by atoms with Gasteiger partial charge in [-0.2, -0.15) is 0 Å². The number of hydrogen-bond acceptors (Lipinski definition) is 26. The lowest BCUT2D eigenvalue weighted by Crippen LogP contribution is -2.59. The number of aliphatic hydroxyl groups is 6. The predicted octanol–water partition coefficient (Wildman–Crippen LogP) is -7.01. The highest BCUT2D eigenvalue weighted by molar-refractivity contribution is 7.46. The summed E-state index contributed by atoms with van der Waals surface area (Å²) in [5, 5.41) is 68.1. The molecule has 0 bridgehead atoms. The van der Waals surface area contributed by atoms with Gasteiger partial charge in [-0.25, -0.2) is 9.13 Å². The molecule has 2 heterocycles. The van der Waals surface area contributed by atoms with Crippen molar-refractivity contribution in [3.05, 3.63) is 0 Å². The summed E-state index contributed by atoms with van der Waals surface area (Å²) in [6.45, 7) is 1.18. The van der Waals surface area contributed by atoms with Crippen LogP contribution in [-0.4, -0.2) is 295 Å². The molecule has 0 radical (unpaired) electrons. The zero-order valence-electron chi connectivity index (χ0n) is 41.6. The van der Waals surface area contributed by atoms with Crippen LogP contribution in [-0.2, 0) is 94.1 Å². The third-order valence-corrected chi connectivity index (χ3v) is 11.1. The largest absolute Gasteiger partial charge is 0.469 e. The Labute approximate surface area is 432 Å². The van der Waals surface area contributed by atoms with Crippen LogP contribution in [0.2, 0.25) is 0 Å². The average Bonchev–Trinajstić information content (AvgIpc) is 3.36. The Morgan fingerprint density at radius 1 is 0.440 bits per heavy atom. The van der Waals surface area contributed by atoms with Crippen molar-refractivity contribution in [2.75, 3.05) is 165 Å². The lowest BCUT2D eigenvalue weighted by Gasteiger charge is -2.40. The van der Waals surface area contributed by atoms with Crippen LogP contribution >= 0.6 is 15.6 Å². The molecule has 442 valence electrons. The van der Waals surface area contributed by atoms with Gasteiger partial charge in [-0.3, -0.25) is 23.4 Å². The Hall–Kier alpha value is -2.13. The fourth-order valence-corrected chi connectivity index (χ4v) is 6.97. The Kier molecular flexibility index (Phi) is 36.9. The second-order valence-corrected chi connectivity index (χ2v) is 18.4. The van der Waals surface area contributed by atoms with Crippen LogP contribution < -0.4 is 16.0 Å². The summed E-state index contributed by atoms with van der Waals surface area (Å²) in [6.07, 6.45) is -16.3. The van der Waals surface area contributed by atoms with E-state index >= 15 is 0 Å². The molecular formula is C40H77N3O30P2. The summed E-state index contributed by atoms with van der Waals surface area (Å²) in [7, 11) is -8.23. The molecule has 13 N–H and O–H groups in total. The maximum absolute atomic E-state index is 13.1. The van der Waals surface area contributed by atoms with Crippen molar-refractivity contribution in [1.82, 2.24) is 16.0 Å². The molecule has 75 heavy (non-hydrogen) atoms. The molecule has 2 fully saturated rings. The number of phosphoric acid groups is 2. The molecule has 0 aromatic heterocycles. The number of methoxy groups -OCH3 is 1. The summed E-state index contributed by atoms with van der Waals surface area (Å²) in [4.78, 5) is 74.5. The number of aliphatic hydroxyl groups excluding tert-OH is 6. The predicted molar refractivity (Wildman–Crippen MR) is 247 cm³/mol. The molecule has 10 atom stereocenters. The van der Waals surface area contributed by atoms with Gasteiger partial charge in [-0.1, -0.05) is 0 Å². The zero-order valence-corrected chi connectivity index (χ0v) is 43.3. The molecular weight excluding hydrogens is 1060 g/mol. The van der Waals surface area contributed by atoms with E-state index in [1.165, 1.54) is 0 Å². The number of phosphoric ester groups is 2. The lowest BCUT2D eigenvalue weighted by atomic mass is 9.99. The molecule has 2 aliphatic heterocycles. The maximum Gasteiger partial charge on any atom is 0.469 e. The molecule has 2 saturated heterocycles. The van der Waals surface area contributed by atoms with Gasteiger partial charge in [0, 0.05) is 33.2 Å². The van der Waals surface area contributed by atoms with E-state index in [1.54, 1.807) is 7.11 Å². The maximum atomic E-state index is 13.1. The van der Waals surface area contributed by atoms with Gasteiger partial charge in [-0.05, 0) is 0 Å². The Bertz CT molecular complexity index is 1530. The number of hydrogen-bond donors (Lipinski definition) is 13. The second-order valence-electron chi connectivity index (χ2n) is 15.9. The van der Waals surface area contributed by atoms with Crippen molar-refractivity contribution in [1.29, 1.82) is 0 Å². The fraction of sp³-hybridized carbons (Fsp3) is 0.925. The molecule has 0 aromatic rings. The topological polar surface area (TPSA) is 462 Å². The number of carbonyl (C=O) groups excluding carboxylic acids is 3. The first kappa shape index (κ1) is 69.0. The third-order valence-electron chi connectivity index (χ3n) is 10.1. The monoisotopic (exact) mass is 1140 g/mol. The van der Waals surface area contributed by atoms with Gasteiger partial charge in [0.15, 0.2) is 12.6 Å². The normalized spacial score (nSPS) is 24.7. The van der Waals surface area contributed by atoms with Crippen LogP contribution in [0.1, 0.15) is 6.42 Å². The Morgan fingerprint density at radius 2 is 0.747 bits per heavy atom. The molecule has 3 amide bonds. The minimum absolute atomic E-state index is 0.00113.